The predicted molar refractivity (Wildman–Crippen MR) is 75.9 cm³/mol. The molecule has 0 fully saturated rings. The van der Waals surface area contributed by atoms with E-state index in [9.17, 15) is 4.79 Å². The smallest absolute Gasteiger partial charge is 0.318 e. The topological polar surface area (TPSA) is 32.3 Å². The molecule has 1 aromatic carbocycles. The quantitative estimate of drug-likeness (QED) is 0.892. The third kappa shape index (κ3) is 3.64. The summed E-state index contributed by atoms with van der Waals surface area (Å²) in [6, 6.07) is 7.61. The lowest BCUT2D eigenvalue weighted by Gasteiger charge is -2.31. The van der Waals surface area contributed by atoms with Crippen molar-refractivity contribution >= 4 is 17.6 Å². The lowest BCUT2D eigenvalue weighted by atomic mass is 9.94. The zero-order valence-corrected chi connectivity index (χ0v) is 12.4. The Morgan fingerprint density at radius 3 is 2.22 bits per heavy atom. The van der Waals surface area contributed by atoms with Crippen LogP contribution < -0.4 is 5.32 Å². The molecule has 0 aromatic heterocycles. The maximum Gasteiger partial charge on any atom is 0.318 e. The van der Waals surface area contributed by atoms with Gasteiger partial charge in [0.05, 0.1) is 5.54 Å². The average Bonchev–Trinajstić information content (AvgIpc) is 2.27. The first-order valence-corrected chi connectivity index (χ1v) is 6.43. The normalized spacial score (nSPS) is 11.5. The summed E-state index contributed by atoms with van der Waals surface area (Å²) in [5.41, 5.74) is 0.600. The Balaban J connectivity index is 2.81. The molecule has 0 unspecified atom stereocenters. The van der Waals surface area contributed by atoms with Crippen LogP contribution in [0.5, 0.6) is 0 Å². The van der Waals surface area contributed by atoms with Crippen LogP contribution in [0.25, 0.3) is 0 Å². The molecule has 0 spiro atoms. The molecule has 4 heteroatoms. The Hall–Kier alpha value is -1.22. The number of nitrogens with zero attached hydrogens (tertiary/aromatic N) is 1. The van der Waals surface area contributed by atoms with Crippen molar-refractivity contribution in [2.75, 3.05) is 7.05 Å². The van der Waals surface area contributed by atoms with Gasteiger partial charge >= 0.3 is 6.03 Å². The van der Waals surface area contributed by atoms with Crippen molar-refractivity contribution in [3.8, 4) is 0 Å². The van der Waals surface area contributed by atoms with Crippen LogP contribution in [0.1, 0.15) is 33.3 Å². The lowest BCUT2D eigenvalue weighted by Crippen LogP contribution is -2.49. The molecular formula is C14H21ClN2O. The van der Waals surface area contributed by atoms with Crippen LogP contribution in [0.4, 0.5) is 4.79 Å². The van der Waals surface area contributed by atoms with E-state index in [0.29, 0.717) is 5.02 Å². The van der Waals surface area contributed by atoms with E-state index in [-0.39, 0.29) is 12.1 Å². The van der Waals surface area contributed by atoms with E-state index in [4.69, 9.17) is 11.6 Å². The van der Waals surface area contributed by atoms with Gasteiger partial charge in [0.1, 0.15) is 0 Å². The van der Waals surface area contributed by atoms with E-state index in [1.807, 2.05) is 52.0 Å². The van der Waals surface area contributed by atoms with E-state index in [0.717, 1.165) is 5.56 Å². The highest BCUT2D eigenvalue weighted by atomic mass is 35.5. The van der Waals surface area contributed by atoms with Gasteiger partial charge in [-0.15, -0.1) is 0 Å². The summed E-state index contributed by atoms with van der Waals surface area (Å²) in [6.45, 7) is 7.91. The predicted octanol–water partition coefficient (Wildman–Crippen LogP) is 3.62. The Morgan fingerprint density at radius 1 is 1.28 bits per heavy atom. The van der Waals surface area contributed by atoms with Gasteiger partial charge in [-0.3, -0.25) is 0 Å². The number of nitrogens with one attached hydrogen (secondary N) is 1. The van der Waals surface area contributed by atoms with Crippen molar-refractivity contribution in [1.29, 1.82) is 0 Å². The molecule has 18 heavy (non-hydrogen) atoms. The highest BCUT2D eigenvalue weighted by Gasteiger charge is 2.25. The highest BCUT2D eigenvalue weighted by Crippen LogP contribution is 2.22. The van der Waals surface area contributed by atoms with Crippen LogP contribution >= 0.6 is 11.6 Å². The number of carbonyl (C=O) groups excluding carboxylic acids is 1. The van der Waals surface area contributed by atoms with Crippen molar-refractivity contribution in [2.45, 2.75) is 39.3 Å². The highest BCUT2D eigenvalue weighted by molar-refractivity contribution is 6.30. The number of rotatable bonds is 3. The average molecular weight is 269 g/mol. The maximum absolute atomic E-state index is 12.0. The van der Waals surface area contributed by atoms with Crippen LogP contribution in [-0.2, 0) is 5.54 Å². The van der Waals surface area contributed by atoms with Crippen molar-refractivity contribution in [1.82, 2.24) is 10.2 Å². The summed E-state index contributed by atoms with van der Waals surface area (Å²) in [5.74, 6) is 0. The van der Waals surface area contributed by atoms with Gasteiger partial charge in [-0.05, 0) is 45.4 Å². The van der Waals surface area contributed by atoms with E-state index in [1.54, 1.807) is 11.9 Å². The molecule has 0 saturated carbocycles. The number of hydrogen-bond donors (Lipinski definition) is 1. The second kappa shape index (κ2) is 5.61. The van der Waals surface area contributed by atoms with E-state index in [1.165, 1.54) is 0 Å². The second-order valence-corrected chi connectivity index (χ2v) is 5.70. The molecule has 0 aliphatic heterocycles. The molecule has 0 saturated heterocycles. The summed E-state index contributed by atoms with van der Waals surface area (Å²) < 4.78 is 0. The Labute approximate surface area is 114 Å². The summed E-state index contributed by atoms with van der Waals surface area (Å²) in [6.07, 6.45) is 0. The first-order chi connectivity index (χ1) is 8.24. The van der Waals surface area contributed by atoms with Gasteiger partial charge < -0.3 is 10.2 Å². The van der Waals surface area contributed by atoms with Gasteiger partial charge in [0.2, 0.25) is 0 Å². The van der Waals surface area contributed by atoms with Gasteiger partial charge in [0.25, 0.3) is 0 Å². The van der Waals surface area contributed by atoms with Gasteiger partial charge in [0, 0.05) is 18.1 Å². The van der Waals surface area contributed by atoms with E-state index in [2.05, 4.69) is 5.32 Å². The summed E-state index contributed by atoms with van der Waals surface area (Å²) in [7, 11) is 1.79. The Bertz CT molecular complexity index is 412. The number of carbonyl (C=O) groups is 1. The largest absolute Gasteiger partial charge is 0.329 e. The summed E-state index contributed by atoms with van der Waals surface area (Å²) in [4.78, 5) is 13.7. The molecular weight excluding hydrogens is 248 g/mol. The molecule has 0 aliphatic carbocycles. The van der Waals surface area contributed by atoms with Crippen LogP contribution in [0.3, 0.4) is 0 Å². The van der Waals surface area contributed by atoms with E-state index < -0.39 is 5.54 Å². The minimum Gasteiger partial charge on any atom is -0.329 e. The molecule has 1 N–H and O–H groups in total. The van der Waals surface area contributed by atoms with Gasteiger partial charge in [-0.1, -0.05) is 23.7 Å². The molecule has 0 radical (unpaired) electrons. The first-order valence-electron chi connectivity index (χ1n) is 6.05. The van der Waals surface area contributed by atoms with Crippen molar-refractivity contribution in [3.05, 3.63) is 34.9 Å². The molecule has 0 bridgehead atoms. The van der Waals surface area contributed by atoms with Crippen molar-refractivity contribution in [2.24, 2.45) is 0 Å². The third-order valence-corrected chi connectivity index (χ3v) is 3.33. The van der Waals surface area contributed by atoms with Crippen LogP contribution in [0, 0.1) is 0 Å². The molecule has 3 nitrogen and oxygen atoms in total. The van der Waals surface area contributed by atoms with Crippen LogP contribution in [0.2, 0.25) is 5.02 Å². The maximum atomic E-state index is 12.0. The first kappa shape index (κ1) is 14.8. The van der Waals surface area contributed by atoms with Gasteiger partial charge in [0.15, 0.2) is 0 Å². The molecule has 1 aromatic rings. The molecule has 2 amide bonds. The van der Waals surface area contributed by atoms with Crippen LogP contribution in [-0.4, -0.2) is 24.0 Å². The van der Waals surface area contributed by atoms with Crippen molar-refractivity contribution < 1.29 is 4.79 Å². The Kier molecular flexibility index (Phi) is 4.63. The zero-order chi connectivity index (χ0) is 13.9. The minimum absolute atomic E-state index is 0.0787. The fourth-order valence-corrected chi connectivity index (χ4v) is 1.65. The number of amides is 2. The third-order valence-electron chi connectivity index (χ3n) is 3.08. The van der Waals surface area contributed by atoms with E-state index >= 15 is 0 Å². The van der Waals surface area contributed by atoms with Crippen molar-refractivity contribution in [3.63, 3.8) is 0 Å². The number of halogens is 1. The fraction of sp³-hybridized carbons (Fsp3) is 0.500. The number of urea groups is 1. The fourth-order valence-electron chi connectivity index (χ4n) is 1.53. The lowest BCUT2D eigenvalue weighted by molar-refractivity contribution is 0.186. The summed E-state index contributed by atoms with van der Waals surface area (Å²) >= 11 is 5.86. The SMILES string of the molecule is CC(C)N(C)C(=O)NC(C)(C)c1ccc(Cl)cc1. The monoisotopic (exact) mass is 268 g/mol. The molecule has 1 rings (SSSR count). The number of hydrogen-bond acceptors (Lipinski definition) is 1. The molecule has 0 atom stereocenters. The number of benzene rings is 1. The van der Waals surface area contributed by atoms with Gasteiger partial charge in [-0.2, -0.15) is 0 Å². The molecule has 0 heterocycles. The van der Waals surface area contributed by atoms with Gasteiger partial charge in [-0.25, -0.2) is 4.79 Å². The zero-order valence-electron chi connectivity index (χ0n) is 11.6. The summed E-state index contributed by atoms with van der Waals surface area (Å²) in [5, 5.41) is 3.71. The van der Waals surface area contributed by atoms with Crippen LogP contribution in [0.15, 0.2) is 24.3 Å². The molecule has 100 valence electrons. The Morgan fingerprint density at radius 2 is 1.78 bits per heavy atom. The molecule has 0 aliphatic rings. The standard InChI is InChI=1S/C14H21ClN2O/c1-10(2)17(5)13(18)16-14(3,4)11-6-8-12(15)9-7-11/h6-10H,1-5H3,(H,16,18). The second-order valence-electron chi connectivity index (χ2n) is 5.27. The minimum atomic E-state index is -0.426.